The van der Waals surface area contributed by atoms with Crippen molar-refractivity contribution < 1.29 is 4.39 Å². The molecule has 20 heavy (non-hydrogen) atoms. The molecule has 1 aromatic carbocycles. The molecule has 0 aliphatic carbocycles. The van der Waals surface area contributed by atoms with Gasteiger partial charge in [-0.3, -0.25) is 0 Å². The third-order valence-electron chi connectivity index (χ3n) is 3.06. The molecule has 0 unspecified atom stereocenters. The maximum Gasteiger partial charge on any atom is 0.139 e. The fourth-order valence-corrected chi connectivity index (χ4v) is 3.24. The lowest BCUT2D eigenvalue weighted by Gasteiger charge is -2.06. The largest absolute Gasteiger partial charge is 0.327 e. The van der Waals surface area contributed by atoms with Crippen molar-refractivity contribution in [1.82, 2.24) is 14.5 Å². The monoisotopic (exact) mass is 373 g/mol. The van der Waals surface area contributed by atoms with Gasteiger partial charge in [-0.25, -0.2) is 14.4 Å². The van der Waals surface area contributed by atoms with E-state index in [4.69, 9.17) is 11.6 Å². The zero-order chi connectivity index (χ0) is 14.1. The summed E-state index contributed by atoms with van der Waals surface area (Å²) in [5.74, 6) is 0.725. The Morgan fingerprint density at radius 3 is 2.95 bits per heavy atom. The van der Waals surface area contributed by atoms with Gasteiger partial charge in [-0.2, -0.15) is 0 Å². The summed E-state index contributed by atoms with van der Waals surface area (Å²) in [6.07, 6.45) is 0.799. The van der Waals surface area contributed by atoms with E-state index in [0.717, 1.165) is 30.0 Å². The summed E-state index contributed by atoms with van der Waals surface area (Å²) in [7, 11) is 0. The first-order valence-corrected chi connectivity index (χ1v) is 8.23. The zero-order valence-electron chi connectivity index (χ0n) is 10.3. The molecule has 0 aliphatic rings. The number of halogens is 3. The minimum atomic E-state index is -0.317. The number of alkyl halides is 1. The minimum Gasteiger partial charge on any atom is -0.327 e. The quantitative estimate of drug-likeness (QED) is 0.635. The first kappa shape index (κ1) is 14.0. The van der Waals surface area contributed by atoms with Gasteiger partial charge in [0.25, 0.3) is 0 Å². The lowest BCUT2D eigenvalue weighted by atomic mass is 10.3. The molecule has 2 heterocycles. The minimum absolute atomic E-state index is 0.297. The molecule has 2 aromatic heterocycles. The molecule has 0 atom stereocenters. The van der Waals surface area contributed by atoms with E-state index in [1.54, 1.807) is 17.4 Å². The third-order valence-corrected chi connectivity index (χ3v) is 4.55. The predicted molar refractivity (Wildman–Crippen MR) is 82.8 cm³/mol. The molecule has 0 N–H and O–H groups in total. The lowest BCUT2D eigenvalue weighted by Crippen LogP contribution is -2.05. The summed E-state index contributed by atoms with van der Waals surface area (Å²) in [6.45, 7) is 0.723. The number of rotatable bonds is 4. The molecule has 3 nitrogen and oxygen atoms in total. The molecule has 0 fully saturated rings. The second-order valence-electron chi connectivity index (χ2n) is 4.30. The van der Waals surface area contributed by atoms with Crippen LogP contribution >= 0.6 is 38.9 Å². The number of benzene rings is 1. The van der Waals surface area contributed by atoms with Crippen molar-refractivity contribution in [3.05, 3.63) is 44.8 Å². The van der Waals surface area contributed by atoms with E-state index in [0.29, 0.717) is 15.9 Å². The summed E-state index contributed by atoms with van der Waals surface area (Å²) < 4.78 is 16.0. The SMILES string of the molecule is Fc1cc2nc(CCl)n(CCc3cscn3)c2cc1Br. The van der Waals surface area contributed by atoms with Crippen LogP contribution in [0.25, 0.3) is 11.0 Å². The van der Waals surface area contributed by atoms with Crippen LogP contribution in [0, 0.1) is 5.82 Å². The van der Waals surface area contributed by atoms with Crippen molar-refractivity contribution >= 4 is 49.9 Å². The molecule has 0 bridgehead atoms. The van der Waals surface area contributed by atoms with Gasteiger partial charge in [0.05, 0.1) is 32.6 Å². The Labute approximate surface area is 132 Å². The molecule has 3 aromatic rings. The van der Waals surface area contributed by atoms with Gasteiger partial charge in [0.15, 0.2) is 0 Å². The van der Waals surface area contributed by atoms with Crippen molar-refractivity contribution in [2.75, 3.05) is 0 Å². The second-order valence-corrected chi connectivity index (χ2v) is 6.14. The van der Waals surface area contributed by atoms with Crippen LogP contribution in [-0.2, 0) is 18.8 Å². The molecule has 0 aliphatic heterocycles. The fraction of sp³-hybridized carbons (Fsp3) is 0.231. The van der Waals surface area contributed by atoms with E-state index in [2.05, 4.69) is 25.9 Å². The van der Waals surface area contributed by atoms with Crippen LogP contribution in [0.5, 0.6) is 0 Å². The topological polar surface area (TPSA) is 30.7 Å². The van der Waals surface area contributed by atoms with Crippen LogP contribution in [0.2, 0.25) is 0 Å². The highest BCUT2D eigenvalue weighted by atomic mass is 79.9. The van der Waals surface area contributed by atoms with Crippen molar-refractivity contribution in [2.24, 2.45) is 0 Å². The van der Waals surface area contributed by atoms with Crippen LogP contribution in [0.4, 0.5) is 4.39 Å². The second kappa shape index (κ2) is 5.79. The van der Waals surface area contributed by atoms with Crippen molar-refractivity contribution in [2.45, 2.75) is 18.8 Å². The Balaban J connectivity index is 2.01. The van der Waals surface area contributed by atoms with Crippen LogP contribution in [-0.4, -0.2) is 14.5 Å². The molecular weight excluding hydrogens is 365 g/mol. The summed E-state index contributed by atoms with van der Waals surface area (Å²) in [4.78, 5) is 8.65. The Morgan fingerprint density at radius 2 is 2.25 bits per heavy atom. The Morgan fingerprint density at radius 1 is 1.40 bits per heavy atom. The van der Waals surface area contributed by atoms with Gasteiger partial charge in [0.2, 0.25) is 0 Å². The lowest BCUT2D eigenvalue weighted by molar-refractivity contribution is 0.622. The number of nitrogens with zero attached hydrogens (tertiary/aromatic N) is 3. The highest BCUT2D eigenvalue weighted by molar-refractivity contribution is 9.10. The Kier molecular flexibility index (Phi) is 4.05. The normalized spacial score (nSPS) is 11.3. The van der Waals surface area contributed by atoms with Crippen LogP contribution in [0.1, 0.15) is 11.5 Å². The van der Waals surface area contributed by atoms with Gasteiger partial charge in [0, 0.05) is 24.4 Å². The molecule has 0 spiro atoms. The van der Waals surface area contributed by atoms with Gasteiger partial charge in [-0.15, -0.1) is 22.9 Å². The smallest absolute Gasteiger partial charge is 0.139 e. The van der Waals surface area contributed by atoms with Crippen molar-refractivity contribution in [3.8, 4) is 0 Å². The maximum atomic E-state index is 13.6. The summed E-state index contributed by atoms with van der Waals surface area (Å²) in [6, 6.07) is 3.17. The summed E-state index contributed by atoms with van der Waals surface area (Å²) in [5.41, 5.74) is 4.36. The number of thiazole rings is 1. The van der Waals surface area contributed by atoms with Gasteiger partial charge in [0.1, 0.15) is 11.6 Å². The van der Waals surface area contributed by atoms with Gasteiger partial charge in [-0.1, -0.05) is 0 Å². The fourth-order valence-electron chi connectivity index (χ4n) is 2.11. The summed E-state index contributed by atoms with van der Waals surface area (Å²) in [5, 5.41) is 2.02. The third kappa shape index (κ3) is 2.60. The first-order valence-electron chi connectivity index (χ1n) is 5.96. The van der Waals surface area contributed by atoms with E-state index in [1.807, 2.05) is 15.5 Å². The van der Waals surface area contributed by atoms with Crippen molar-refractivity contribution in [1.29, 1.82) is 0 Å². The van der Waals surface area contributed by atoms with Gasteiger partial charge in [-0.05, 0) is 22.0 Å². The predicted octanol–water partition coefficient (Wildman–Crippen LogP) is 4.38. The van der Waals surface area contributed by atoms with Gasteiger partial charge < -0.3 is 4.57 Å². The first-order chi connectivity index (χ1) is 9.69. The average Bonchev–Trinajstić information content (AvgIpc) is 3.05. The Bertz CT molecular complexity index is 742. The number of hydrogen-bond acceptors (Lipinski definition) is 3. The number of aromatic nitrogens is 3. The maximum absolute atomic E-state index is 13.6. The highest BCUT2D eigenvalue weighted by Crippen LogP contribution is 2.25. The highest BCUT2D eigenvalue weighted by Gasteiger charge is 2.13. The molecule has 0 saturated heterocycles. The standard InChI is InChI=1S/C13H10BrClFN3S/c14-9-3-12-11(4-10(9)16)18-13(5-15)19(12)2-1-8-6-20-7-17-8/h3-4,6-7H,1-2,5H2. The molecule has 0 radical (unpaired) electrons. The van der Waals surface area contributed by atoms with Gasteiger partial charge >= 0.3 is 0 Å². The van der Waals surface area contributed by atoms with Crippen LogP contribution in [0.15, 0.2) is 27.5 Å². The van der Waals surface area contributed by atoms with E-state index in [1.165, 1.54) is 6.07 Å². The molecule has 0 saturated carbocycles. The molecular formula is C13H10BrClFN3S. The van der Waals surface area contributed by atoms with E-state index < -0.39 is 0 Å². The molecule has 7 heteroatoms. The van der Waals surface area contributed by atoms with Crippen molar-refractivity contribution in [3.63, 3.8) is 0 Å². The van der Waals surface area contributed by atoms with E-state index in [9.17, 15) is 4.39 Å². The molecule has 0 amide bonds. The number of aryl methyl sites for hydroxylation is 2. The summed E-state index contributed by atoms with van der Waals surface area (Å²) >= 11 is 10.7. The van der Waals surface area contributed by atoms with E-state index in [-0.39, 0.29) is 5.82 Å². The van der Waals surface area contributed by atoms with E-state index >= 15 is 0 Å². The number of imidazole rings is 1. The Hall–Kier alpha value is -0.980. The zero-order valence-corrected chi connectivity index (χ0v) is 13.5. The number of fused-ring (bicyclic) bond motifs is 1. The van der Waals surface area contributed by atoms with Crippen LogP contribution < -0.4 is 0 Å². The molecule has 3 rings (SSSR count). The number of hydrogen-bond donors (Lipinski definition) is 0. The van der Waals surface area contributed by atoms with Crippen LogP contribution in [0.3, 0.4) is 0 Å². The molecule has 104 valence electrons. The average molecular weight is 375 g/mol.